The lowest BCUT2D eigenvalue weighted by molar-refractivity contribution is 1.47. The lowest BCUT2D eigenvalue weighted by Gasteiger charge is -2.00. The quantitative estimate of drug-likeness (QED) is 0.742. The van der Waals surface area contributed by atoms with Gasteiger partial charge in [0.05, 0.1) is 16.7 Å². The first-order chi connectivity index (χ1) is 8.79. The maximum absolute atomic E-state index is 8.72. The predicted octanol–water partition coefficient (Wildman–Crippen LogP) is 4.89. The highest BCUT2D eigenvalue weighted by Gasteiger charge is 1.99. The number of hydrogen-bond acceptors (Lipinski definition) is 2. The van der Waals surface area contributed by atoms with Crippen molar-refractivity contribution in [2.75, 3.05) is 0 Å². The van der Waals surface area contributed by atoms with Gasteiger partial charge in [0.1, 0.15) is 0 Å². The molecule has 0 aliphatic carbocycles. The van der Waals surface area contributed by atoms with Crippen LogP contribution in [0.3, 0.4) is 0 Å². The summed E-state index contributed by atoms with van der Waals surface area (Å²) in [6, 6.07) is 19.3. The molecule has 0 saturated heterocycles. The predicted molar refractivity (Wildman–Crippen MR) is 77.3 cm³/mol. The first kappa shape index (κ1) is 12.8. The van der Waals surface area contributed by atoms with Crippen LogP contribution in [0, 0.1) is 11.3 Å². The highest BCUT2D eigenvalue weighted by Crippen LogP contribution is 2.27. The van der Waals surface area contributed by atoms with E-state index >= 15 is 0 Å². The van der Waals surface area contributed by atoms with Crippen LogP contribution in [0.2, 0.25) is 0 Å². The molecule has 0 aromatic heterocycles. The molecule has 2 rings (SSSR count). The molecule has 0 spiro atoms. The summed E-state index contributed by atoms with van der Waals surface area (Å²) in [5, 5.41) is 11.3. The standard InChI is InChI=1S/C15H10ClNS/c16-15(11-18-14-4-2-1-3-5-14)13-8-6-12(10-17)7-9-13/h1-9,11H/b15-11-. The van der Waals surface area contributed by atoms with Gasteiger partial charge in [-0.1, -0.05) is 53.7 Å². The molecule has 18 heavy (non-hydrogen) atoms. The van der Waals surface area contributed by atoms with Crippen molar-refractivity contribution < 1.29 is 0 Å². The van der Waals surface area contributed by atoms with E-state index in [0.717, 1.165) is 10.5 Å². The Hall–Kier alpha value is -1.69. The van der Waals surface area contributed by atoms with Gasteiger partial charge in [-0.3, -0.25) is 0 Å². The Labute approximate surface area is 116 Å². The third-order valence-corrected chi connectivity index (χ3v) is 3.69. The molecule has 1 nitrogen and oxygen atoms in total. The van der Waals surface area contributed by atoms with Crippen molar-refractivity contribution in [3.05, 3.63) is 71.1 Å². The number of rotatable bonds is 3. The Morgan fingerprint density at radius 1 is 1.06 bits per heavy atom. The Kier molecular flexibility index (Phi) is 4.46. The maximum Gasteiger partial charge on any atom is 0.0991 e. The van der Waals surface area contributed by atoms with Crippen molar-refractivity contribution in [1.29, 1.82) is 5.26 Å². The van der Waals surface area contributed by atoms with E-state index in [1.54, 1.807) is 23.9 Å². The second kappa shape index (κ2) is 6.30. The van der Waals surface area contributed by atoms with Gasteiger partial charge in [0.2, 0.25) is 0 Å². The number of halogens is 1. The maximum atomic E-state index is 8.72. The molecule has 0 unspecified atom stereocenters. The van der Waals surface area contributed by atoms with Gasteiger partial charge in [-0.2, -0.15) is 5.26 Å². The topological polar surface area (TPSA) is 23.8 Å². The average molecular weight is 272 g/mol. The SMILES string of the molecule is N#Cc1ccc(/C(Cl)=C/Sc2ccccc2)cc1. The Balaban J connectivity index is 2.11. The van der Waals surface area contributed by atoms with Crippen molar-refractivity contribution >= 4 is 28.4 Å². The summed E-state index contributed by atoms with van der Waals surface area (Å²) in [6.07, 6.45) is 0. The van der Waals surface area contributed by atoms with Crippen LogP contribution in [-0.2, 0) is 0 Å². The van der Waals surface area contributed by atoms with E-state index in [1.165, 1.54) is 0 Å². The zero-order chi connectivity index (χ0) is 12.8. The minimum absolute atomic E-state index is 0.638. The molecule has 2 aromatic carbocycles. The monoisotopic (exact) mass is 271 g/mol. The second-order valence-electron chi connectivity index (χ2n) is 3.59. The van der Waals surface area contributed by atoms with Crippen LogP contribution in [0.4, 0.5) is 0 Å². The lowest BCUT2D eigenvalue weighted by Crippen LogP contribution is -1.78. The Bertz CT molecular complexity index is 582. The third-order valence-electron chi connectivity index (χ3n) is 2.33. The van der Waals surface area contributed by atoms with Gasteiger partial charge < -0.3 is 0 Å². The van der Waals surface area contributed by atoms with E-state index in [4.69, 9.17) is 16.9 Å². The van der Waals surface area contributed by atoms with Gasteiger partial charge in [-0.25, -0.2) is 0 Å². The molecule has 0 saturated carbocycles. The van der Waals surface area contributed by atoms with E-state index in [0.29, 0.717) is 10.6 Å². The van der Waals surface area contributed by atoms with Crippen molar-refractivity contribution in [1.82, 2.24) is 0 Å². The molecule has 0 fully saturated rings. The first-order valence-corrected chi connectivity index (χ1v) is 6.63. The van der Waals surface area contributed by atoms with Gasteiger partial charge >= 0.3 is 0 Å². The lowest BCUT2D eigenvalue weighted by atomic mass is 10.1. The normalized spacial score (nSPS) is 11.0. The van der Waals surface area contributed by atoms with Crippen LogP contribution < -0.4 is 0 Å². The van der Waals surface area contributed by atoms with E-state index in [-0.39, 0.29) is 0 Å². The first-order valence-electron chi connectivity index (χ1n) is 5.37. The van der Waals surface area contributed by atoms with Gasteiger partial charge in [-0.05, 0) is 35.2 Å². The van der Waals surface area contributed by atoms with E-state index in [1.807, 2.05) is 47.9 Å². The van der Waals surface area contributed by atoms with Crippen molar-refractivity contribution in [3.63, 3.8) is 0 Å². The Morgan fingerprint density at radius 2 is 1.72 bits per heavy atom. The van der Waals surface area contributed by atoms with Gasteiger partial charge in [0.25, 0.3) is 0 Å². The molecule has 3 heteroatoms. The minimum Gasteiger partial charge on any atom is -0.192 e. The molecule has 0 N–H and O–H groups in total. The minimum atomic E-state index is 0.638. The summed E-state index contributed by atoms with van der Waals surface area (Å²) in [5.74, 6) is 0. The van der Waals surface area contributed by atoms with Crippen molar-refractivity contribution in [2.24, 2.45) is 0 Å². The number of benzene rings is 2. The summed E-state index contributed by atoms with van der Waals surface area (Å²) in [5.41, 5.74) is 1.55. The Morgan fingerprint density at radius 3 is 2.33 bits per heavy atom. The highest BCUT2D eigenvalue weighted by atomic mass is 35.5. The smallest absolute Gasteiger partial charge is 0.0991 e. The van der Waals surface area contributed by atoms with Gasteiger partial charge in [-0.15, -0.1) is 0 Å². The van der Waals surface area contributed by atoms with E-state index in [9.17, 15) is 0 Å². The molecular formula is C15H10ClNS. The molecule has 0 bridgehead atoms. The molecule has 2 aromatic rings. The van der Waals surface area contributed by atoms with Crippen molar-refractivity contribution in [2.45, 2.75) is 4.90 Å². The summed E-state index contributed by atoms with van der Waals surface area (Å²) in [6.45, 7) is 0. The number of nitrogens with zero attached hydrogens (tertiary/aromatic N) is 1. The highest BCUT2D eigenvalue weighted by molar-refractivity contribution is 8.02. The largest absolute Gasteiger partial charge is 0.192 e. The molecule has 0 heterocycles. The second-order valence-corrected chi connectivity index (χ2v) is 4.94. The van der Waals surface area contributed by atoms with E-state index in [2.05, 4.69) is 6.07 Å². The summed E-state index contributed by atoms with van der Waals surface area (Å²) in [4.78, 5) is 1.14. The summed E-state index contributed by atoms with van der Waals surface area (Å²) in [7, 11) is 0. The van der Waals surface area contributed by atoms with Crippen LogP contribution in [0.5, 0.6) is 0 Å². The zero-order valence-electron chi connectivity index (χ0n) is 9.51. The van der Waals surface area contributed by atoms with Gasteiger partial charge in [0.15, 0.2) is 0 Å². The van der Waals surface area contributed by atoms with Crippen LogP contribution in [0.25, 0.3) is 5.03 Å². The number of hydrogen-bond donors (Lipinski definition) is 0. The molecular weight excluding hydrogens is 262 g/mol. The van der Waals surface area contributed by atoms with Gasteiger partial charge in [0, 0.05) is 4.90 Å². The fourth-order valence-electron chi connectivity index (χ4n) is 1.39. The molecule has 0 radical (unpaired) electrons. The summed E-state index contributed by atoms with van der Waals surface area (Å²) < 4.78 is 0. The third kappa shape index (κ3) is 3.40. The fourth-order valence-corrected chi connectivity index (χ4v) is 2.34. The number of nitriles is 1. The molecule has 0 aliphatic rings. The fraction of sp³-hybridized carbons (Fsp3) is 0. The van der Waals surface area contributed by atoms with Crippen molar-refractivity contribution in [3.8, 4) is 6.07 Å². The molecule has 88 valence electrons. The summed E-state index contributed by atoms with van der Waals surface area (Å²) >= 11 is 7.78. The van der Waals surface area contributed by atoms with Crippen LogP contribution in [0.1, 0.15) is 11.1 Å². The molecule has 0 aliphatic heterocycles. The molecule has 0 amide bonds. The van der Waals surface area contributed by atoms with Crippen LogP contribution in [-0.4, -0.2) is 0 Å². The molecule has 0 atom stereocenters. The van der Waals surface area contributed by atoms with E-state index < -0.39 is 0 Å². The zero-order valence-corrected chi connectivity index (χ0v) is 11.1. The van der Waals surface area contributed by atoms with Crippen LogP contribution in [0.15, 0.2) is 64.9 Å². The average Bonchev–Trinajstić information content (AvgIpc) is 2.46. The van der Waals surface area contributed by atoms with Crippen LogP contribution >= 0.6 is 23.4 Å². The number of thioether (sulfide) groups is 1.